The first-order chi connectivity index (χ1) is 4.81. The molecular weight excluding hydrogens is 170 g/mol. The molecule has 2 nitrogen and oxygen atoms in total. The minimum atomic E-state index is -1.40. The van der Waals surface area contributed by atoms with Gasteiger partial charge in [-0.2, -0.15) is 0 Å². The van der Waals surface area contributed by atoms with Gasteiger partial charge in [0.05, 0.1) is 0 Å². The molecule has 0 aromatic heterocycles. The molecule has 0 bridgehead atoms. The first kappa shape index (κ1) is 10.9. The van der Waals surface area contributed by atoms with E-state index in [0.717, 1.165) is 5.90 Å². The van der Waals surface area contributed by atoms with E-state index >= 15 is 0 Å². The van der Waals surface area contributed by atoms with Crippen molar-refractivity contribution in [1.82, 2.24) is 0 Å². The third-order valence-corrected chi connectivity index (χ3v) is 2.68. The quantitative estimate of drug-likeness (QED) is 0.371. The van der Waals surface area contributed by atoms with Crippen LogP contribution in [0.4, 0.5) is 0 Å². The van der Waals surface area contributed by atoms with E-state index < -0.39 is 17.3 Å². The van der Waals surface area contributed by atoms with Gasteiger partial charge in [-0.25, -0.2) is 0 Å². The summed E-state index contributed by atoms with van der Waals surface area (Å²) in [5, 5.41) is 0. The van der Waals surface area contributed by atoms with Gasteiger partial charge in [0.25, 0.3) is 0 Å². The van der Waals surface area contributed by atoms with Gasteiger partial charge in [-0.15, -0.1) is 0 Å². The maximum Gasteiger partial charge on any atom is 0.243 e. The molecule has 0 aromatic rings. The van der Waals surface area contributed by atoms with E-state index in [1.165, 1.54) is 0 Å². The second kappa shape index (κ2) is 4.06. The average Bonchev–Trinajstić information content (AvgIpc) is 1.53. The standard InChI is InChI=1S/C7H19NOSi2/c1-7(8-10(2)3)9-11(4,5)6/h10H,1-6H3. The Balaban J connectivity index is 3.97. The number of nitrogens with zero attached hydrogens (tertiary/aromatic N) is 1. The van der Waals surface area contributed by atoms with E-state index in [9.17, 15) is 0 Å². The highest BCUT2D eigenvalue weighted by Crippen LogP contribution is 2.03. The van der Waals surface area contributed by atoms with Crippen molar-refractivity contribution in [1.29, 1.82) is 0 Å². The molecule has 0 radical (unpaired) electrons. The zero-order valence-electron chi connectivity index (χ0n) is 8.43. The molecule has 0 aromatic carbocycles. The van der Waals surface area contributed by atoms with Crippen LogP contribution in [0, 0.1) is 0 Å². The highest BCUT2D eigenvalue weighted by atomic mass is 28.4. The Morgan fingerprint density at radius 2 is 1.73 bits per heavy atom. The Labute approximate surface area is 72.5 Å². The van der Waals surface area contributed by atoms with Crippen molar-refractivity contribution in [3.63, 3.8) is 0 Å². The Kier molecular flexibility index (Phi) is 4.03. The largest absolute Gasteiger partial charge is 0.535 e. The van der Waals surface area contributed by atoms with Crippen LogP contribution in [-0.4, -0.2) is 23.2 Å². The fraction of sp³-hybridized carbons (Fsp3) is 0.857. The van der Waals surface area contributed by atoms with Crippen LogP contribution < -0.4 is 0 Å². The zero-order valence-corrected chi connectivity index (χ0v) is 10.6. The van der Waals surface area contributed by atoms with Crippen LogP contribution in [0.15, 0.2) is 4.66 Å². The van der Waals surface area contributed by atoms with E-state index in [2.05, 4.69) is 37.4 Å². The molecule has 0 atom stereocenters. The highest BCUT2D eigenvalue weighted by molar-refractivity contribution is 6.71. The van der Waals surface area contributed by atoms with E-state index in [1.54, 1.807) is 0 Å². The van der Waals surface area contributed by atoms with Gasteiger partial charge in [-0.1, -0.05) is 13.1 Å². The lowest BCUT2D eigenvalue weighted by atomic mass is 10.8. The van der Waals surface area contributed by atoms with Crippen LogP contribution in [0.5, 0.6) is 0 Å². The lowest BCUT2D eigenvalue weighted by Gasteiger charge is -2.18. The van der Waals surface area contributed by atoms with Crippen LogP contribution in [0.3, 0.4) is 0 Å². The van der Waals surface area contributed by atoms with Crippen LogP contribution in [0.25, 0.3) is 0 Å². The molecule has 0 N–H and O–H groups in total. The number of rotatable bonds is 2. The molecule has 0 aliphatic carbocycles. The molecule has 0 aliphatic heterocycles. The van der Waals surface area contributed by atoms with Gasteiger partial charge in [0.1, 0.15) is 0 Å². The molecular formula is C7H19NOSi2. The van der Waals surface area contributed by atoms with E-state index in [0.29, 0.717) is 0 Å². The lowest BCUT2D eigenvalue weighted by molar-refractivity contribution is 0.549. The lowest BCUT2D eigenvalue weighted by Crippen LogP contribution is -2.28. The first-order valence-electron chi connectivity index (χ1n) is 4.04. The Morgan fingerprint density at radius 1 is 1.27 bits per heavy atom. The first-order valence-corrected chi connectivity index (χ1v) is 10.3. The molecule has 66 valence electrons. The Morgan fingerprint density at radius 3 is 2.00 bits per heavy atom. The second-order valence-electron chi connectivity index (χ2n) is 3.96. The van der Waals surface area contributed by atoms with Crippen molar-refractivity contribution in [3.05, 3.63) is 0 Å². The van der Waals surface area contributed by atoms with Crippen molar-refractivity contribution in [2.45, 2.75) is 39.7 Å². The summed E-state index contributed by atoms with van der Waals surface area (Å²) in [6, 6.07) is 0. The predicted molar refractivity (Wildman–Crippen MR) is 56.4 cm³/mol. The molecule has 0 rings (SSSR count). The van der Waals surface area contributed by atoms with E-state index in [-0.39, 0.29) is 0 Å². The highest BCUT2D eigenvalue weighted by Gasteiger charge is 2.16. The summed E-state index contributed by atoms with van der Waals surface area (Å²) in [5.41, 5.74) is 0. The summed E-state index contributed by atoms with van der Waals surface area (Å²) < 4.78 is 10.1. The number of hydrogen-bond donors (Lipinski definition) is 0. The molecule has 0 fully saturated rings. The topological polar surface area (TPSA) is 21.6 Å². The molecule has 0 unspecified atom stereocenters. The molecule has 0 saturated carbocycles. The summed E-state index contributed by atoms with van der Waals surface area (Å²) in [5.74, 6) is 0.894. The Hall–Kier alpha value is -0.0962. The van der Waals surface area contributed by atoms with Crippen LogP contribution in [0.2, 0.25) is 32.7 Å². The van der Waals surface area contributed by atoms with Gasteiger partial charge < -0.3 is 9.08 Å². The maximum absolute atomic E-state index is 5.67. The van der Waals surface area contributed by atoms with E-state index in [4.69, 9.17) is 4.43 Å². The van der Waals surface area contributed by atoms with Crippen molar-refractivity contribution >= 4 is 23.2 Å². The smallest absolute Gasteiger partial charge is 0.243 e. The van der Waals surface area contributed by atoms with Crippen LogP contribution in [0.1, 0.15) is 6.92 Å². The molecule has 0 spiro atoms. The van der Waals surface area contributed by atoms with E-state index in [1.807, 2.05) is 6.92 Å². The third-order valence-electron chi connectivity index (χ3n) is 0.894. The van der Waals surface area contributed by atoms with Gasteiger partial charge in [-0.05, 0) is 19.6 Å². The van der Waals surface area contributed by atoms with Gasteiger partial charge in [0.15, 0.2) is 14.9 Å². The molecule has 0 saturated heterocycles. The molecule has 11 heavy (non-hydrogen) atoms. The van der Waals surface area contributed by atoms with Crippen LogP contribution in [-0.2, 0) is 4.43 Å². The maximum atomic E-state index is 5.67. The molecule has 4 heteroatoms. The average molecular weight is 189 g/mol. The Bertz CT molecular complexity index is 149. The second-order valence-corrected chi connectivity index (χ2v) is 10.8. The fourth-order valence-electron chi connectivity index (χ4n) is 0.833. The minimum absolute atomic E-state index is 0.833. The summed E-state index contributed by atoms with van der Waals surface area (Å²) in [7, 11) is -2.23. The van der Waals surface area contributed by atoms with Gasteiger partial charge in [0, 0.05) is 6.92 Å². The predicted octanol–water partition coefficient (Wildman–Crippen LogP) is 2.24. The van der Waals surface area contributed by atoms with Crippen LogP contribution >= 0.6 is 0 Å². The van der Waals surface area contributed by atoms with Gasteiger partial charge in [-0.3, -0.25) is 0 Å². The molecule has 0 aliphatic rings. The zero-order chi connectivity index (χ0) is 9.07. The molecule has 0 amide bonds. The fourth-order valence-corrected chi connectivity index (χ4v) is 2.66. The minimum Gasteiger partial charge on any atom is -0.535 e. The summed E-state index contributed by atoms with van der Waals surface area (Å²) in [4.78, 5) is 0. The summed E-state index contributed by atoms with van der Waals surface area (Å²) >= 11 is 0. The van der Waals surface area contributed by atoms with Crippen molar-refractivity contribution in [2.24, 2.45) is 4.66 Å². The van der Waals surface area contributed by atoms with Crippen molar-refractivity contribution in [3.8, 4) is 0 Å². The van der Waals surface area contributed by atoms with Crippen molar-refractivity contribution in [2.75, 3.05) is 0 Å². The monoisotopic (exact) mass is 189 g/mol. The van der Waals surface area contributed by atoms with Crippen molar-refractivity contribution < 1.29 is 4.43 Å². The van der Waals surface area contributed by atoms with Gasteiger partial charge >= 0.3 is 0 Å². The number of hydrogen-bond acceptors (Lipinski definition) is 2. The van der Waals surface area contributed by atoms with Gasteiger partial charge in [0.2, 0.25) is 8.32 Å². The SMILES string of the molecule is CC(=N[SiH](C)C)O[Si](C)(C)C. The third kappa shape index (κ3) is 7.80. The molecule has 0 heterocycles. The summed E-state index contributed by atoms with van der Waals surface area (Å²) in [6.07, 6.45) is 0. The summed E-state index contributed by atoms with van der Waals surface area (Å²) in [6.45, 7) is 12.9. The normalized spacial score (nSPS) is 13.9.